The number of halogens is 2. The molecule has 0 aromatic heterocycles. The molecule has 112 valence electrons. The van der Waals surface area contributed by atoms with E-state index in [0.717, 1.165) is 25.2 Å². The third-order valence-corrected chi connectivity index (χ3v) is 4.83. The topological polar surface area (TPSA) is 26.0 Å². The molecular formula is C17H25ClFN. The fraction of sp³-hybridized carbons (Fsp3) is 0.647. The highest BCUT2D eigenvalue weighted by molar-refractivity contribution is 6.30. The zero-order valence-corrected chi connectivity index (χ0v) is 13.1. The predicted octanol–water partition coefficient (Wildman–Crippen LogP) is 5.10. The standard InChI is InChI=1S/C17H25ClFN/c1-2-4-13-5-3-9-17(20,10-8-13)12-14-6-7-15(18)11-16(14)19/h6-7,11,13H,2-5,8-10,12,20H2,1H3. The predicted molar refractivity (Wildman–Crippen MR) is 83.5 cm³/mol. The number of benzene rings is 1. The summed E-state index contributed by atoms with van der Waals surface area (Å²) < 4.78 is 13.9. The van der Waals surface area contributed by atoms with Gasteiger partial charge in [-0.1, -0.05) is 50.3 Å². The minimum atomic E-state index is -0.253. The van der Waals surface area contributed by atoms with Crippen molar-refractivity contribution in [1.82, 2.24) is 0 Å². The van der Waals surface area contributed by atoms with Crippen LogP contribution in [0.1, 0.15) is 57.4 Å². The summed E-state index contributed by atoms with van der Waals surface area (Å²) in [5.41, 5.74) is 7.00. The second-order valence-corrected chi connectivity index (χ2v) is 6.80. The fourth-order valence-electron chi connectivity index (χ4n) is 3.42. The van der Waals surface area contributed by atoms with Crippen LogP contribution in [-0.4, -0.2) is 5.54 Å². The molecule has 1 aromatic rings. The Balaban J connectivity index is 2.03. The zero-order valence-electron chi connectivity index (χ0n) is 12.3. The Morgan fingerprint density at radius 1 is 1.35 bits per heavy atom. The van der Waals surface area contributed by atoms with Crippen molar-refractivity contribution in [3.05, 3.63) is 34.6 Å². The molecule has 0 heterocycles. The van der Waals surface area contributed by atoms with Gasteiger partial charge >= 0.3 is 0 Å². The summed E-state index contributed by atoms with van der Waals surface area (Å²) in [7, 11) is 0. The van der Waals surface area contributed by atoms with Crippen molar-refractivity contribution in [2.45, 2.75) is 63.8 Å². The van der Waals surface area contributed by atoms with Crippen LogP contribution in [0.25, 0.3) is 0 Å². The van der Waals surface area contributed by atoms with Crippen LogP contribution >= 0.6 is 11.6 Å². The molecular weight excluding hydrogens is 273 g/mol. The maximum absolute atomic E-state index is 13.9. The first-order valence-electron chi connectivity index (χ1n) is 7.75. The Hall–Kier alpha value is -0.600. The van der Waals surface area contributed by atoms with E-state index in [-0.39, 0.29) is 11.4 Å². The van der Waals surface area contributed by atoms with E-state index in [1.54, 1.807) is 12.1 Å². The van der Waals surface area contributed by atoms with Gasteiger partial charge in [-0.3, -0.25) is 0 Å². The Kier molecular flexibility index (Phi) is 5.45. The number of nitrogens with two attached hydrogens (primary N) is 1. The van der Waals surface area contributed by atoms with E-state index in [1.165, 1.54) is 31.7 Å². The molecule has 1 saturated carbocycles. The van der Waals surface area contributed by atoms with Crippen LogP contribution in [-0.2, 0) is 6.42 Å². The van der Waals surface area contributed by atoms with E-state index in [1.807, 2.05) is 0 Å². The third kappa shape index (κ3) is 4.20. The van der Waals surface area contributed by atoms with E-state index >= 15 is 0 Å². The van der Waals surface area contributed by atoms with Gasteiger partial charge in [0.2, 0.25) is 0 Å². The molecule has 0 aliphatic heterocycles. The van der Waals surface area contributed by atoms with Crippen molar-refractivity contribution in [1.29, 1.82) is 0 Å². The van der Waals surface area contributed by atoms with Crippen LogP contribution in [0.3, 0.4) is 0 Å². The van der Waals surface area contributed by atoms with Crippen LogP contribution in [0, 0.1) is 11.7 Å². The molecule has 1 aromatic carbocycles. The molecule has 0 saturated heterocycles. The van der Waals surface area contributed by atoms with Gasteiger partial charge in [0.15, 0.2) is 0 Å². The van der Waals surface area contributed by atoms with Gasteiger partial charge in [0.25, 0.3) is 0 Å². The number of hydrogen-bond donors (Lipinski definition) is 1. The van der Waals surface area contributed by atoms with E-state index in [4.69, 9.17) is 17.3 Å². The van der Waals surface area contributed by atoms with Crippen molar-refractivity contribution >= 4 is 11.6 Å². The average Bonchev–Trinajstić information content (AvgIpc) is 2.57. The van der Waals surface area contributed by atoms with Gasteiger partial charge in [0.1, 0.15) is 5.82 Å². The molecule has 20 heavy (non-hydrogen) atoms. The Bertz CT molecular complexity index is 449. The monoisotopic (exact) mass is 297 g/mol. The molecule has 2 unspecified atom stereocenters. The summed E-state index contributed by atoms with van der Waals surface area (Å²) in [4.78, 5) is 0. The highest BCUT2D eigenvalue weighted by Gasteiger charge is 2.30. The summed E-state index contributed by atoms with van der Waals surface area (Å²) in [6.45, 7) is 2.24. The van der Waals surface area contributed by atoms with Gasteiger partial charge in [-0.15, -0.1) is 0 Å². The van der Waals surface area contributed by atoms with Crippen molar-refractivity contribution in [3.63, 3.8) is 0 Å². The lowest BCUT2D eigenvalue weighted by Gasteiger charge is -2.28. The van der Waals surface area contributed by atoms with Gasteiger partial charge < -0.3 is 5.73 Å². The summed E-state index contributed by atoms with van der Waals surface area (Å²) in [6, 6.07) is 4.91. The maximum Gasteiger partial charge on any atom is 0.127 e. The molecule has 3 heteroatoms. The fourth-order valence-corrected chi connectivity index (χ4v) is 3.58. The van der Waals surface area contributed by atoms with Gasteiger partial charge in [0.05, 0.1) is 0 Å². The molecule has 0 spiro atoms. The van der Waals surface area contributed by atoms with Crippen LogP contribution < -0.4 is 5.73 Å². The molecule has 2 N–H and O–H groups in total. The smallest absolute Gasteiger partial charge is 0.127 e. The molecule has 0 bridgehead atoms. The Morgan fingerprint density at radius 2 is 2.15 bits per heavy atom. The highest BCUT2D eigenvalue weighted by atomic mass is 35.5. The largest absolute Gasteiger partial charge is 0.325 e. The quantitative estimate of drug-likeness (QED) is 0.769. The van der Waals surface area contributed by atoms with Gasteiger partial charge in [-0.25, -0.2) is 4.39 Å². The minimum Gasteiger partial charge on any atom is -0.325 e. The van der Waals surface area contributed by atoms with E-state index < -0.39 is 0 Å². The second kappa shape index (κ2) is 6.91. The van der Waals surface area contributed by atoms with Crippen LogP contribution in [0.4, 0.5) is 4.39 Å². The minimum absolute atomic E-state index is 0.225. The lowest BCUT2D eigenvalue weighted by Crippen LogP contribution is -2.41. The molecule has 2 atom stereocenters. The Morgan fingerprint density at radius 3 is 2.85 bits per heavy atom. The first-order valence-corrected chi connectivity index (χ1v) is 8.13. The number of hydrogen-bond acceptors (Lipinski definition) is 1. The van der Waals surface area contributed by atoms with Gasteiger partial charge in [0, 0.05) is 10.6 Å². The van der Waals surface area contributed by atoms with E-state index in [0.29, 0.717) is 17.0 Å². The zero-order chi connectivity index (χ0) is 14.6. The summed E-state index contributed by atoms with van der Waals surface area (Å²) in [6.07, 6.45) is 8.77. The molecule has 1 aliphatic carbocycles. The lowest BCUT2D eigenvalue weighted by molar-refractivity contribution is 0.351. The van der Waals surface area contributed by atoms with E-state index in [9.17, 15) is 4.39 Å². The second-order valence-electron chi connectivity index (χ2n) is 6.36. The highest BCUT2D eigenvalue weighted by Crippen LogP contribution is 2.33. The van der Waals surface area contributed by atoms with Crippen LogP contribution in [0.2, 0.25) is 5.02 Å². The van der Waals surface area contributed by atoms with Crippen molar-refractivity contribution in [2.75, 3.05) is 0 Å². The third-order valence-electron chi connectivity index (χ3n) is 4.59. The van der Waals surface area contributed by atoms with Crippen molar-refractivity contribution in [2.24, 2.45) is 11.7 Å². The van der Waals surface area contributed by atoms with Crippen LogP contribution in [0.15, 0.2) is 18.2 Å². The summed E-state index contributed by atoms with van der Waals surface area (Å²) in [5.74, 6) is 0.581. The van der Waals surface area contributed by atoms with Crippen molar-refractivity contribution < 1.29 is 4.39 Å². The summed E-state index contributed by atoms with van der Waals surface area (Å²) in [5, 5.41) is 0.446. The van der Waals surface area contributed by atoms with Crippen LogP contribution in [0.5, 0.6) is 0 Å². The average molecular weight is 298 g/mol. The molecule has 2 rings (SSSR count). The SMILES string of the molecule is CCCC1CCCC(N)(Cc2ccc(Cl)cc2F)CC1. The van der Waals surface area contributed by atoms with Crippen molar-refractivity contribution in [3.8, 4) is 0 Å². The first-order chi connectivity index (χ1) is 9.52. The van der Waals surface area contributed by atoms with E-state index in [2.05, 4.69) is 6.92 Å². The molecule has 0 amide bonds. The molecule has 1 aliphatic rings. The van der Waals surface area contributed by atoms with Gasteiger partial charge in [-0.2, -0.15) is 0 Å². The molecule has 0 radical (unpaired) electrons. The maximum atomic E-state index is 13.9. The Labute approximate surface area is 126 Å². The first kappa shape index (κ1) is 15.8. The normalized spacial score (nSPS) is 27.3. The molecule has 1 nitrogen and oxygen atoms in total. The summed E-state index contributed by atoms with van der Waals surface area (Å²) >= 11 is 5.80. The molecule has 1 fully saturated rings. The van der Waals surface area contributed by atoms with Gasteiger partial charge in [-0.05, 0) is 49.3 Å². The number of rotatable bonds is 4. The lowest BCUT2D eigenvalue weighted by atomic mass is 9.84.